The lowest BCUT2D eigenvalue weighted by atomic mass is 10.1. The van der Waals surface area contributed by atoms with Gasteiger partial charge in [-0.2, -0.15) is 0 Å². The predicted octanol–water partition coefficient (Wildman–Crippen LogP) is 2.22. The van der Waals surface area contributed by atoms with Crippen molar-refractivity contribution in [2.24, 2.45) is 0 Å². The van der Waals surface area contributed by atoms with Crippen molar-refractivity contribution in [3.63, 3.8) is 0 Å². The Morgan fingerprint density at radius 2 is 1.92 bits per heavy atom. The highest BCUT2D eigenvalue weighted by Gasteiger charge is 2.24. The van der Waals surface area contributed by atoms with Gasteiger partial charge in [0.05, 0.1) is 0 Å². The molecule has 6 nitrogen and oxygen atoms in total. The van der Waals surface area contributed by atoms with Gasteiger partial charge in [0, 0.05) is 37.1 Å². The number of nitrogens with one attached hydrogen (secondary N) is 1. The molecular weight excluding hydrogens is 340 g/mol. The highest BCUT2D eigenvalue weighted by Crippen LogP contribution is 2.22. The Labute approximate surface area is 153 Å². The van der Waals surface area contributed by atoms with Crippen LogP contribution in [0.3, 0.4) is 0 Å². The molecule has 0 bridgehead atoms. The van der Waals surface area contributed by atoms with Crippen molar-refractivity contribution in [3.05, 3.63) is 29.3 Å². The van der Waals surface area contributed by atoms with Crippen LogP contribution in [0.1, 0.15) is 31.4 Å². The van der Waals surface area contributed by atoms with Gasteiger partial charge in [0.25, 0.3) is 0 Å². The first-order valence-corrected chi connectivity index (χ1v) is 9.17. The number of hydrogen-bond donors (Lipinski definition) is 2. The van der Waals surface area contributed by atoms with Gasteiger partial charge in [0.2, 0.25) is 11.8 Å². The number of thioether (sulfide) groups is 1. The molecule has 1 aromatic rings. The molecule has 1 aromatic carbocycles. The molecule has 1 rings (SSSR count). The van der Waals surface area contributed by atoms with E-state index in [1.165, 1.54) is 29.9 Å². The van der Waals surface area contributed by atoms with Gasteiger partial charge in [0.1, 0.15) is 6.04 Å². The van der Waals surface area contributed by atoms with Gasteiger partial charge in [-0.15, -0.1) is 11.8 Å². The first kappa shape index (κ1) is 21.0. The molecule has 0 aliphatic rings. The van der Waals surface area contributed by atoms with E-state index in [-0.39, 0.29) is 31.3 Å². The zero-order valence-corrected chi connectivity index (χ0v) is 16.0. The van der Waals surface area contributed by atoms with Crippen LogP contribution in [0.25, 0.3) is 0 Å². The highest BCUT2D eigenvalue weighted by atomic mass is 32.2. The Hall–Kier alpha value is -2.02. The minimum absolute atomic E-state index is 0.181. The van der Waals surface area contributed by atoms with Gasteiger partial charge >= 0.3 is 5.97 Å². The third-order valence-corrected chi connectivity index (χ3v) is 4.93. The summed E-state index contributed by atoms with van der Waals surface area (Å²) in [4.78, 5) is 37.0. The molecule has 0 spiro atoms. The van der Waals surface area contributed by atoms with Gasteiger partial charge < -0.3 is 15.3 Å². The summed E-state index contributed by atoms with van der Waals surface area (Å²) >= 11 is 1.57. The second-order valence-electron chi connectivity index (χ2n) is 5.93. The lowest BCUT2D eigenvalue weighted by Crippen LogP contribution is -2.46. The van der Waals surface area contributed by atoms with E-state index in [4.69, 9.17) is 0 Å². The second-order valence-corrected chi connectivity index (χ2v) is 7.10. The summed E-state index contributed by atoms with van der Waals surface area (Å²) in [7, 11) is 0. The molecule has 0 heterocycles. The Morgan fingerprint density at radius 3 is 2.48 bits per heavy atom. The number of carboxylic acid groups (broad SMARTS) is 1. The van der Waals surface area contributed by atoms with E-state index in [2.05, 4.69) is 11.4 Å². The van der Waals surface area contributed by atoms with E-state index >= 15 is 0 Å². The van der Waals surface area contributed by atoms with Crippen LogP contribution in [0.15, 0.2) is 23.1 Å². The first-order chi connectivity index (χ1) is 11.7. The van der Waals surface area contributed by atoms with Gasteiger partial charge in [-0.25, -0.2) is 4.79 Å². The number of hydrogen-bond acceptors (Lipinski definition) is 4. The molecular formula is C18H26N2O4S. The molecule has 0 saturated carbocycles. The van der Waals surface area contributed by atoms with Crippen molar-refractivity contribution in [1.29, 1.82) is 0 Å². The predicted molar refractivity (Wildman–Crippen MR) is 98.8 cm³/mol. The minimum Gasteiger partial charge on any atom is -0.480 e. The molecule has 0 aliphatic heterocycles. The third kappa shape index (κ3) is 7.17. The lowest BCUT2D eigenvalue weighted by molar-refractivity contribution is -0.149. The van der Waals surface area contributed by atoms with Crippen molar-refractivity contribution in [2.45, 2.75) is 45.1 Å². The van der Waals surface area contributed by atoms with Crippen LogP contribution in [-0.4, -0.2) is 52.7 Å². The van der Waals surface area contributed by atoms with Gasteiger partial charge in [0.15, 0.2) is 0 Å². The van der Waals surface area contributed by atoms with Gasteiger partial charge in [-0.3, -0.25) is 9.59 Å². The Morgan fingerprint density at radius 1 is 1.24 bits per heavy atom. The van der Waals surface area contributed by atoms with E-state index in [0.717, 1.165) is 4.90 Å². The number of aliphatic carboxylic acids is 1. The normalized spacial score (nSPS) is 11.7. The number of carboxylic acids is 1. The van der Waals surface area contributed by atoms with Crippen molar-refractivity contribution in [3.8, 4) is 0 Å². The molecule has 0 aliphatic carbocycles. The molecule has 138 valence electrons. The number of carbonyl (C=O) groups is 3. The number of carbonyl (C=O) groups excluding carboxylic acids is 2. The van der Waals surface area contributed by atoms with Crippen LogP contribution in [-0.2, 0) is 14.4 Å². The molecule has 0 radical (unpaired) electrons. The zero-order chi connectivity index (χ0) is 19.0. The highest BCUT2D eigenvalue weighted by molar-refractivity contribution is 7.99. The van der Waals surface area contributed by atoms with Crippen LogP contribution < -0.4 is 5.32 Å². The quantitative estimate of drug-likeness (QED) is 0.655. The van der Waals surface area contributed by atoms with E-state index in [9.17, 15) is 19.5 Å². The summed E-state index contributed by atoms with van der Waals surface area (Å²) in [6.07, 6.45) is 0.245. The molecule has 1 unspecified atom stereocenters. The van der Waals surface area contributed by atoms with Crippen LogP contribution in [0, 0.1) is 13.8 Å². The minimum atomic E-state index is -1.06. The van der Waals surface area contributed by atoms with E-state index in [0.29, 0.717) is 5.75 Å². The first-order valence-electron chi connectivity index (χ1n) is 8.19. The molecule has 2 N–H and O–H groups in total. The van der Waals surface area contributed by atoms with Gasteiger partial charge in [-0.05, 0) is 44.0 Å². The number of benzene rings is 1. The second kappa shape index (κ2) is 10.1. The fourth-order valence-electron chi connectivity index (χ4n) is 2.22. The molecule has 0 fully saturated rings. The zero-order valence-electron chi connectivity index (χ0n) is 15.2. The summed E-state index contributed by atoms with van der Waals surface area (Å²) in [5.74, 6) is -0.917. The molecule has 2 amide bonds. The fourth-order valence-corrected chi connectivity index (χ4v) is 3.16. The number of nitrogens with zero attached hydrogens (tertiary/aromatic N) is 1. The average Bonchev–Trinajstić information content (AvgIpc) is 2.53. The summed E-state index contributed by atoms with van der Waals surface area (Å²) in [5, 5.41) is 11.8. The van der Waals surface area contributed by atoms with Crippen molar-refractivity contribution in [1.82, 2.24) is 10.2 Å². The number of aryl methyl sites for hydroxylation is 2. The standard InChI is InChI=1S/C18H26N2O4S/c1-12-5-6-16(11-13(12)2)25-10-7-17(22)20(14(3)18(23)24)9-8-19-15(4)21/h5-6,11,14H,7-10H2,1-4H3,(H,19,21)(H,23,24). The van der Waals surface area contributed by atoms with Crippen LogP contribution in [0.2, 0.25) is 0 Å². The Bertz CT molecular complexity index is 634. The number of amides is 2. The van der Waals surface area contributed by atoms with Crippen LogP contribution in [0.5, 0.6) is 0 Å². The van der Waals surface area contributed by atoms with Gasteiger partial charge in [-0.1, -0.05) is 6.07 Å². The maximum atomic E-state index is 12.4. The topological polar surface area (TPSA) is 86.7 Å². The SMILES string of the molecule is CC(=O)NCCN(C(=O)CCSc1ccc(C)c(C)c1)C(C)C(=O)O. The Balaban J connectivity index is 2.59. The summed E-state index contributed by atoms with van der Waals surface area (Å²) in [6.45, 7) is 7.37. The summed E-state index contributed by atoms with van der Waals surface area (Å²) < 4.78 is 0. The summed E-state index contributed by atoms with van der Waals surface area (Å²) in [5.41, 5.74) is 2.42. The van der Waals surface area contributed by atoms with Crippen molar-refractivity contribution in [2.75, 3.05) is 18.8 Å². The molecule has 7 heteroatoms. The van der Waals surface area contributed by atoms with Crippen LogP contribution in [0.4, 0.5) is 0 Å². The fraction of sp³-hybridized carbons (Fsp3) is 0.500. The molecule has 0 aromatic heterocycles. The van der Waals surface area contributed by atoms with E-state index in [1.807, 2.05) is 26.0 Å². The van der Waals surface area contributed by atoms with E-state index in [1.54, 1.807) is 11.8 Å². The molecule has 0 saturated heterocycles. The lowest BCUT2D eigenvalue weighted by Gasteiger charge is -2.26. The largest absolute Gasteiger partial charge is 0.480 e. The van der Waals surface area contributed by atoms with E-state index < -0.39 is 12.0 Å². The molecule has 1 atom stereocenters. The molecule has 25 heavy (non-hydrogen) atoms. The maximum absolute atomic E-state index is 12.4. The average molecular weight is 366 g/mol. The maximum Gasteiger partial charge on any atom is 0.326 e. The smallest absolute Gasteiger partial charge is 0.326 e. The van der Waals surface area contributed by atoms with Crippen molar-refractivity contribution < 1.29 is 19.5 Å². The third-order valence-electron chi connectivity index (χ3n) is 3.93. The summed E-state index contributed by atoms with van der Waals surface area (Å²) in [6, 6.07) is 5.23. The monoisotopic (exact) mass is 366 g/mol. The Kier molecular flexibility index (Phi) is 8.48. The number of rotatable bonds is 9. The van der Waals surface area contributed by atoms with Crippen LogP contribution >= 0.6 is 11.8 Å². The van der Waals surface area contributed by atoms with Crippen molar-refractivity contribution >= 4 is 29.5 Å².